The van der Waals surface area contributed by atoms with Crippen LogP contribution >= 0.6 is 15.9 Å². The van der Waals surface area contributed by atoms with Gasteiger partial charge in [-0.15, -0.1) is 0 Å². The average Bonchev–Trinajstić information content (AvgIpc) is 2.92. The second kappa shape index (κ2) is 4.60. The van der Waals surface area contributed by atoms with Crippen LogP contribution in [-0.2, 0) is 0 Å². The van der Waals surface area contributed by atoms with Gasteiger partial charge in [0.05, 0.1) is 0 Å². The second-order valence-electron chi connectivity index (χ2n) is 5.15. The normalized spacial score (nSPS) is 16.6. The van der Waals surface area contributed by atoms with Crippen LogP contribution in [0.4, 0.5) is 0 Å². The van der Waals surface area contributed by atoms with Crippen molar-refractivity contribution < 1.29 is 0 Å². The standard InChI is InChI=1S/C19H13Br/c20-18-10-4-7-14-11-12-17(19(14)18)16-9-3-6-13-5-1-2-8-15(13)16/h1-12,17H. The fourth-order valence-corrected chi connectivity index (χ4v) is 3.73. The number of halogens is 1. The number of hydrogen-bond donors (Lipinski definition) is 0. The van der Waals surface area contributed by atoms with E-state index in [1.54, 1.807) is 0 Å². The maximum Gasteiger partial charge on any atom is 0.0296 e. The van der Waals surface area contributed by atoms with Gasteiger partial charge in [0.25, 0.3) is 0 Å². The lowest BCUT2D eigenvalue weighted by Crippen LogP contribution is -1.98. The molecule has 1 aliphatic carbocycles. The second-order valence-corrected chi connectivity index (χ2v) is 6.00. The lowest BCUT2D eigenvalue weighted by atomic mass is 9.89. The Bertz CT molecular complexity index is 825. The maximum absolute atomic E-state index is 3.71. The van der Waals surface area contributed by atoms with Gasteiger partial charge < -0.3 is 0 Å². The molecule has 0 fully saturated rings. The van der Waals surface area contributed by atoms with Gasteiger partial charge in [0.1, 0.15) is 0 Å². The minimum absolute atomic E-state index is 0.340. The van der Waals surface area contributed by atoms with Crippen LogP contribution < -0.4 is 0 Å². The molecule has 1 heteroatoms. The zero-order chi connectivity index (χ0) is 13.5. The molecular weight excluding hydrogens is 308 g/mol. The third kappa shape index (κ3) is 1.74. The molecule has 0 saturated heterocycles. The summed E-state index contributed by atoms with van der Waals surface area (Å²) in [6.07, 6.45) is 4.53. The summed E-state index contributed by atoms with van der Waals surface area (Å²) in [5, 5.41) is 2.65. The molecule has 3 aromatic rings. The summed E-state index contributed by atoms with van der Waals surface area (Å²) in [4.78, 5) is 0. The monoisotopic (exact) mass is 320 g/mol. The topological polar surface area (TPSA) is 0 Å². The van der Waals surface area contributed by atoms with Crippen LogP contribution in [0.25, 0.3) is 16.8 Å². The third-order valence-corrected chi connectivity index (χ3v) is 4.72. The molecule has 1 aliphatic rings. The van der Waals surface area contributed by atoms with Gasteiger partial charge >= 0.3 is 0 Å². The minimum atomic E-state index is 0.340. The van der Waals surface area contributed by atoms with E-state index in [1.165, 1.54) is 31.9 Å². The van der Waals surface area contributed by atoms with E-state index in [0.29, 0.717) is 5.92 Å². The van der Waals surface area contributed by atoms with E-state index in [-0.39, 0.29) is 0 Å². The number of rotatable bonds is 1. The van der Waals surface area contributed by atoms with Crippen molar-refractivity contribution in [3.63, 3.8) is 0 Å². The molecule has 0 aromatic heterocycles. The van der Waals surface area contributed by atoms with Crippen LogP contribution in [-0.4, -0.2) is 0 Å². The summed E-state index contributed by atoms with van der Waals surface area (Å²) in [6, 6.07) is 21.6. The van der Waals surface area contributed by atoms with Crippen LogP contribution in [0.15, 0.2) is 71.2 Å². The van der Waals surface area contributed by atoms with Crippen LogP contribution in [0.5, 0.6) is 0 Å². The van der Waals surface area contributed by atoms with Gasteiger partial charge in [0.15, 0.2) is 0 Å². The van der Waals surface area contributed by atoms with Gasteiger partial charge in [-0.1, -0.05) is 82.7 Å². The molecule has 0 spiro atoms. The van der Waals surface area contributed by atoms with Gasteiger partial charge in [-0.2, -0.15) is 0 Å². The van der Waals surface area contributed by atoms with Crippen molar-refractivity contribution in [2.45, 2.75) is 5.92 Å². The Morgan fingerprint density at radius 1 is 0.800 bits per heavy atom. The van der Waals surface area contributed by atoms with Crippen LogP contribution in [0.2, 0.25) is 0 Å². The first-order valence-electron chi connectivity index (χ1n) is 6.79. The largest absolute Gasteiger partial charge is 0.0720 e. The first-order valence-corrected chi connectivity index (χ1v) is 7.58. The summed E-state index contributed by atoms with van der Waals surface area (Å²) < 4.78 is 1.19. The molecule has 0 radical (unpaired) electrons. The Morgan fingerprint density at radius 2 is 1.60 bits per heavy atom. The summed E-state index contributed by atoms with van der Waals surface area (Å²) in [6.45, 7) is 0. The maximum atomic E-state index is 3.71. The number of allylic oxidation sites excluding steroid dienone is 1. The zero-order valence-electron chi connectivity index (χ0n) is 10.9. The summed E-state index contributed by atoms with van der Waals surface area (Å²) in [7, 11) is 0. The smallest absolute Gasteiger partial charge is 0.0296 e. The number of benzene rings is 3. The zero-order valence-corrected chi connectivity index (χ0v) is 12.5. The predicted octanol–water partition coefficient (Wildman–Crippen LogP) is 5.76. The van der Waals surface area contributed by atoms with Gasteiger partial charge in [0.2, 0.25) is 0 Å². The van der Waals surface area contributed by atoms with E-state index in [9.17, 15) is 0 Å². The van der Waals surface area contributed by atoms with Crippen LogP contribution in [0, 0.1) is 0 Å². The Balaban J connectivity index is 1.98. The molecule has 1 unspecified atom stereocenters. The molecule has 3 aromatic carbocycles. The lowest BCUT2D eigenvalue weighted by Gasteiger charge is -2.16. The molecule has 0 saturated carbocycles. The average molecular weight is 321 g/mol. The van der Waals surface area contributed by atoms with E-state index in [0.717, 1.165) is 0 Å². The molecule has 4 rings (SSSR count). The Morgan fingerprint density at radius 3 is 2.55 bits per heavy atom. The van der Waals surface area contributed by atoms with Gasteiger partial charge in [-0.05, 0) is 33.5 Å². The molecule has 0 heterocycles. The Labute approximate surface area is 126 Å². The quantitative estimate of drug-likeness (QED) is 0.534. The Kier molecular flexibility index (Phi) is 2.75. The Hall–Kier alpha value is -1.86. The van der Waals surface area contributed by atoms with Crippen molar-refractivity contribution >= 4 is 32.8 Å². The van der Waals surface area contributed by atoms with E-state index in [1.807, 2.05) is 0 Å². The first-order chi connectivity index (χ1) is 9.84. The van der Waals surface area contributed by atoms with Crippen LogP contribution in [0.1, 0.15) is 22.6 Å². The highest BCUT2D eigenvalue weighted by molar-refractivity contribution is 9.10. The molecule has 0 N–H and O–H groups in total. The van der Waals surface area contributed by atoms with E-state index in [4.69, 9.17) is 0 Å². The van der Waals surface area contributed by atoms with Crippen molar-refractivity contribution in [3.8, 4) is 0 Å². The van der Waals surface area contributed by atoms with Crippen molar-refractivity contribution in [1.82, 2.24) is 0 Å². The number of fused-ring (bicyclic) bond motifs is 2. The van der Waals surface area contributed by atoms with Crippen molar-refractivity contribution in [1.29, 1.82) is 0 Å². The summed E-state index contributed by atoms with van der Waals surface area (Å²) in [5.41, 5.74) is 4.08. The summed E-state index contributed by atoms with van der Waals surface area (Å²) >= 11 is 3.71. The highest BCUT2D eigenvalue weighted by atomic mass is 79.9. The van der Waals surface area contributed by atoms with Crippen molar-refractivity contribution in [2.24, 2.45) is 0 Å². The highest BCUT2D eigenvalue weighted by Crippen LogP contribution is 2.41. The molecule has 96 valence electrons. The van der Waals surface area contributed by atoms with E-state index >= 15 is 0 Å². The highest BCUT2D eigenvalue weighted by Gasteiger charge is 2.22. The fraction of sp³-hybridized carbons (Fsp3) is 0.0526. The molecule has 0 bridgehead atoms. The molecular formula is C19H13Br. The van der Waals surface area contributed by atoms with Crippen molar-refractivity contribution in [3.05, 3.63) is 87.9 Å². The van der Waals surface area contributed by atoms with Crippen molar-refractivity contribution in [2.75, 3.05) is 0 Å². The third-order valence-electron chi connectivity index (χ3n) is 4.02. The van der Waals surface area contributed by atoms with Crippen LogP contribution in [0.3, 0.4) is 0 Å². The summed E-state index contributed by atoms with van der Waals surface area (Å²) in [5.74, 6) is 0.340. The fourth-order valence-electron chi connectivity index (χ4n) is 3.10. The van der Waals surface area contributed by atoms with Gasteiger partial charge in [-0.25, -0.2) is 0 Å². The molecule has 0 aliphatic heterocycles. The molecule has 0 nitrogen and oxygen atoms in total. The first kappa shape index (κ1) is 11.9. The van der Waals surface area contributed by atoms with E-state index in [2.05, 4.69) is 88.7 Å². The predicted molar refractivity (Wildman–Crippen MR) is 89.0 cm³/mol. The number of hydrogen-bond acceptors (Lipinski definition) is 0. The molecule has 0 amide bonds. The van der Waals surface area contributed by atoms with Gasteiger partial charge in [-0.3, -0.25) is 0 Å². The lowest BCUT2D eigenvalue weighted by molar-refractivity contribution is 1.05. The SMILES string of the molecule is Brc1cccc2c1C(c1cccc3ccccc13)C=C2. The minimum Gasteiger partial charge on any atom is -0.0720 e. The molecule has 20 heavy (non-hydrogen) atoms. The van der Waals surface area contributed by atoms with Gasteiger partial charge in [0, 0.05) is 10.4 Å². The van der Waals surface area contributed by atoms with E-state index < -0.39 is 0 Å². The molecule has 1 atom stereocenters.